The number of rotatable bonds is 18. The SMILES string of the molecule is C=C(/C(=C\C=C(\OC)C(C)CC)NC(CCC)(CCC(C)CC)/C(C)=C/NC(C)C)C(C)CC. The molecule has 4 atom stereocenters. The van der Waals surface area contributed by atoms with Gasteiger partial charge in [-0.1, -0.05) is 67.9 Å². The zero-order chi connectivity index (χ0) is 26.3. The maximum atomic E-state index is 5.74. The summed E-state index contributed by atoms with van der Waals surface area (Å²) in [6, 6.07) is 0.414. The lowest BCUT2D eigenvalue weighted by atomic mass is 9.79. The molecule has 0 aliphatic rings. The van der Waals surface area contributed by atoms with E-state index in [4.69, 9.17) is 4.74 Å². The predicted molar refractivity (Wildman–Crippen MR) is 153 cm³/mol. The highest BCUT2D eigenvalue weighted by atomic mass is 16.5. The lowest BCUT2D eigenvalue weighted by Gasteiger charge is -2.40. The number of hydrogen-bond donors (Lipinski definition) is 2. The Morgan fingerprint density at radius 2 is 1.53 bits per heavy atom. The second kappa shape index (κ2) is 16.9. The van der Waals surface area contributed by atoms with Crippen molar-refractivity contribution in [1.29, 1.82) is 0 Å². The molecule has 0 fully saturated rings. The first-order valence-corrected chi connectivity index (χ1v) is 13.9. The third-order valence-corrected chi connectivity index (χ3v) is 7.50. The van der Waals surface area contributed by atoms with Gasteiger partial charge in [0, 0.05) is 17.7 Å². The van der Waals surface area contributed by atoms with Gasteiger partial charge in [0.1, 0.15) is 0 Å². The van der Waals surface area contributed by atoms with Crippen LogP contribution in [0.3, 0.4) is 0 Å². The summed E-state index contributed by atoms with van der Waals surface area (Å²) in [4.78, 5) is 0. The topological polar surface area (TPSA) is 33.3 Å². The van der Waals surface area contributed by atoms with Crippen molar-refractivity contribution in [3.63, 3.8) is 0 Å². The molecule has 2 N–H and O–H groups in total. The molecule has 0 rings (SSSR count). The molecule has 0 aromatic carbocycles. The summed E-state index contributed by atoms with van der Waals surface area (Å²) in [7, 11) is 1.78. The molecule has 0 saturated carbocycles. The standard InChI is InChI=1S/C31H58N2O/c1-13-20-31(21-19-24(7)14-2,27(10)22-32-23(5)6)33-29(28(11)25(8)15-3)17-18-30(34-12)26(9)16-4/h17-18,22-26,32-33H,11,13-16,19-21H2,1-10,12H3/b27-22+,29-17+,30-18+. The van der Waals surface area contributed by atoms with E-state index in [0.29, 0.717) is 23.8 Å². The number of ether oxygens (including phenoxy) is 1. The number of allylic oxidation sites excluding steroid dienone is 4. The lowest BCUT2D eigenvalue weighted by molar-refractivity contribution is 0.245. The van der Waals surface area contributed by atoms with Crippen LogP contribution >= 0.6 is 0 Å². The van der Waals surface area contributed by atoms with Crippen LogP contribution in [-0.4, -0.2) is 18.7 Å². The first-order valence-electron chi connectivity index (χ1n) is 13.9. The van der Waals surface area contributed by atoms with Crippen LogP contribution in [0.1, 0.15) is 114 Å². The van der Waals surface area contributed by atoms with Crippen molar-refractivity contribution in [1.82, 2.24) is 10.6 Å². The molecule has 0 radical (unpaired) electrons. The number of hydrogen-bond acceptors (Lipinski definition) is 3. The average Bonchev–Trinajstić information content (AvgIpc) is 2.83. The largest absolute Gasteiger partial charge is 0.501 e. The minimum Gasteiger partial charge on any atom is -0.501 e. The fourth-order valence-electron chi connectivity index (χ4n) is 4.10. The summed E-state index contributed by atoms with van der Waals surface area (Å²) < 4.78 is 5.74. The van der Waals surface area contributed by atoms with Crippen molar-refractivity contribution in [2.75, 3.05) is 7.11 Å². The van der Waals surface area contributed by atoms with E-state index in [1.54, 1.807) is 7.11 Å². The van der Waals surface area contributed by atoms with E-state index in [1.807, 2.05) is 0 Å². The highest BCUT2D eigenvalue weighted by molar-refractivity contribution is 5.36. The van der Waals surface area contributed by atoms with Crippen molar-refractivity contribution < 1.29 is 4.74 Å². The van der Waals surface area contributed by atoms with Crippen LogP contribution in [0.15, 0.2) is 47.5 Å². The Hall–Kier alpha value is -1.64. The van der Waals surface area contributed by atoms with Crippen molar-refractivity contribution in [3.8, 4) is 0 Å². The van der Waals surface area contributed by atoms with E-state index in [-0.39, 0.29) is 5.54 Å². The Kier molecular flexibility index (Phi) is 16.1. The second-order valence-electron chi connectivity index (χ2n) is 10.7. The van der Waals surface area contributed by atoms with Crippen molar-refractivity contribution in [2.45, 2.75) is 126 Å². The van der Waals surface area contributed by atoms with E-state index < -0.39 is 0 Å². The van der Waals surface area contributed by atoms with Gasteiger partial charge in [0.15, 0.2) is 0 Å². The maximum absolute atomic E-state index is 5.74. The molecule has 0 bridgehead atoms. The molecule has 0 aliphatic carbocycles. The summed E-state index contributed by atoms with van der Waals surface area (Å²) in [5, 5.41) is 7.63. The highest BCUT2D eigenvalue weighted by Crippen LogP contribution is 2.33. The molecule has 0 aliphatic heterocycles. The predicted octanol–water partition coefficient (Wildman–Crippen LogP) is 8.91. The Labute approximate surface area is 213 Å². The highest BCUT2D eigenvalue weighted by Gasteiger charge is 2.33. The molecule has 198 valence electrons. The first-order chi connectivity index (χ1) is 16.0. The second-order valence-corrected chi connectivity index (χ2v) is 10.7. The van der Waals surface area contributed by atoms with Gasteiger partial charge in [-0.3, -0.25) is 0 Å². The average molecular weight is 475 g/mol. The Morgan fingerprint density at radius 3 is 2.00 bits per heavy atom. The van der Waals surface area contributed by atoms with E-state index in [9.17, 15) is 0 Å². The molecule has 0 aromatic rings. The molecular weight excluding hydrogens is 416 g/mol. The summed E-state index contributed by atoms with van der Waals surface area (Å²) in [5.41, 5.74) is 3.57. The Balaban J connectivity index is 6.61. The third kappa shape index (κ3) is 10.7. The zero-order valence-electron chi connectivity index (χ0n) is 24.6. The van der Waals surface area contributed by atoms with Crippen LogP contribution in [0.5, 0.6) is 0 Å². The van der Waals surface area contributed by atoms with Gasteiger partial charge in [-0.15, -0.1) is 0 Å². The molecule has 3 heteroatoms. The minimum atomic E-state index is -0.111. The molecular formula is C31H58N2O. The van der Waals surface area contributed by atoms with Crippen LogP contribution in [0.4, 0.5) is 0 Å². The lowest BCUT2D eigenvalue weighted by Crippen LogP contribution is -2.47. The van der Waals surface area contributed by atoms with Crippen LogP contribution in [0.25, 0.3) is 0 Å². The summed E-state index contributed by atoms with van der Waals surface area (Å²) in [6.45, 7) is 27.1. The quantitative estimate of drug-likeness (QED) is 0.154. The van der Waals surface area contributed by atoms with Gasteiger partial charge in [-0.25, -0.2) is 0 Å². The Morgan fingerprint density at radius 1 is 0.912 bits per heavy atom. The van der Waals surface area contributed by atoms with Gasteiger partial charge in [-0.05, 0) is 94.2 Å². The van der Waals surface area contributed by atoms with Crippen molar-refractivity contribution in [2.24, 2.45) is 17.8 Å². The molecule has 0 amide bonds. The van der Waals surface area contributed by atoms with Gasteiger partial charge >= 0.3 is 0 Å². The monoisotopic (exact) mass is 474 g/mol. The fourth-order valence-corrected chi connectivity index (χ4v) is 4.10. The van der Waals surface area contributed by atoms with Gasteiger partial charge in [0.05, 0.1) is 18.4 Å². The molecule has 0 aromatic heterocycles. The molecule has 34 heavy (non-hydrogen) atoms. The van der Waals surface area contributed by atoms with Gasteiger partial charge in [0.25, 0.3) is 0 Å². The molecule has 3 nitrogen and oxygen atoms in total. The van der Waals surface area contributed by atoms with E-state index in [0.717, 1.165) is 43.6 Å². The van der Waals surface area contributed by atoms with E-state index >= 15 is 0 Å². The number of methoxy groups -OCH3 is 1. The number of nitrogens with one attached hydrogen (secondary N) is 2. The van der Waals surface area contributed by atoms with Crippen LogP contribution in [0.2, 0.25) is 0 Å². The minimum absolute atomic E-state index is 0.111. The summed E-state index contributed by atoms with van der Waals surface area (Å²) in [5.74, 6) is 2.53. The van der Waals surface area contributed by atoms with Gasteiger partial charge in [0.2, 0.25) is 0 Å². The molecule has 0 saturated heterocycles. The normalized spacial score (nSPS) is 17.7. The van der Waals surface area contributed by atoms with Crippen molar-refractivity contribution in [3.05, 3.63) is 47.5 Å². The molecule has 4 unspecified atom stereocenters. The van der Waals surface area contributed by atoms with Crippen LogP contribution in [-0.2, 0) is 4.74 Å². The van der Waals surface area contributed by atoms with Crippen molar-refractivity contribution >= 4 is 0 Å². The van der Waals surface area contributed by atoms with Crippen LogP contribution < -0.4 is 10.6 Å². The van der Waals surface area contributed by atoms with Gasteiger partial charge in [-0.2, -0.15) is 0 Å². The van der Waals surface area contributed by atoms with E-state index in [1.165, 1.54) is 24.0 Å². The summed E-state index contributed by atoms with van der Waals surface area (Å²) >= 11 is 0. The zero-order valence-corrected chi connectivity index (χ0v) is 24.6. The van der Waals surface area contributed by atoms with Gasteiger partial charge < -0.3 is 15.4 Å². The molecule has 0 heterocycles. The fraction of sp³-hybridized carbons (Fsp3) is 0.742. The summed E-state index contributed by atoms with van der Waals surface area (Å²) in [6.07, 6.45) is 14.5. The van der Waals surface area contributed by atoms with Crippen LogP contribution in [0, 0.1) is 17.8 Å². The molecule has 0 spiro atoms. The smallest absolute Gasteiger partial charge is 0.0984 e. The third-order valence-electron chi connectivity index (χ3n) is 7.50. The van der Waals surface area contributed by atoms with E-state index in [2.05, 4.69) is 105 Å². The Bertz CT molecular complexity index is 673. The first kappa shape index (κ1) is 32.4. The maximum Gasteiger partial charge on any atom is 0.0984 e.